The van der Waals surface area contributed by atoms with Crippen LogP contribution < -0.4 is 5.32 Å². The van der Waals surface area contributed by atoms with Crippen molar-refractivity contribution in [1.82, 2.24) is 20.2 Å². The van der Waals surface area contributed by atoms with Crippen LogP contribution in [0.25, 0.3) is 0 Å². The second kappa shape index (κ2) is 5.70. The summed E-state index contributed by atoms with van der Waals surface area (Å²) in [5, 5.41) is 11.6. The first-order valence-electron chi connectivity index (χ1n) is 5.88. The van der Waals surface area contributed by atoms with Crippen LogP contribution in [0.4, 0.5) is 4.79 Å². The van der Waals surface area contributed by atoms with Gasteiger partial charge >= 0.3 is 12.0 Å². The van der Waals surface area contributed by atoms with E-state index in [0.717, 1.165) is 0 Å². The number of hydrogen-bond acceptors (Lipinski definition) is 4. The van der Waals surface area contributed by atoms with Crippen LogP contribution >= 0.6 is 0 Å². The monoisotopic (exact) mass is 268 g/mol. The lowest BCUT2D eigenvalue weighted by atomic mass is 10.0. The highest BCUT2D eigenvalue weighted by Crippen LogP contribution is 2.14. The smallest absolute Gasteiger partial charge is 0.317 e. The number of aromatic amines is 1. The van der Waals surface area contributed by atoms with Gasteiger partial charge in [0.2, 0.25) is 0 Å². The van der Waals surface area contributed by atoms with Gasteiger partial charge in [-0.1, -0.05) is 0 Å². The number of carbonyl (C=O) groups excluding carboxylic acids is 1. The van der Waals surface area contributed by atoms with Crippen molar-refractivity contribution in [3.05, 3.63) is 18.2 Å². The van der Waals surface area contributed by atoms with Crippen LogP contribution in [0.2, 0.25) is 0 Å². The van der Waals surface area contributed by atoms with Gasteiger partial charge in [-0.15, -0.1) is 0 Å². The third kappa shape index (κ3) is 3.22. The Morgan fingerprint density at radius 1 is 1.63 bits per heavy atom. The number of aromatic nitrogens is 2. The molecule has 1 aliphatic rings. The molecule has 1 saturated heterocycles. The zero-order valence-corrected chi connectivity index (χ0v) is 10.5. The van der Waals surface area contributed by atoms with Crippen LogP contribution in [0.3, 0.4) is 0 Å². The van der Waals surface area contributed by atoms with E-state index in [-0.39, 0.29) is 19.2 Å². The fourth-order valence-corrected chi connectivity index (χ4v) is 1.89. The maximum Gasteiger partial charge on any atom is 0.317 e. The highest BCUT2D eigenvalue weighted by molar-refractivity contribution is 5.77. The zero-order chi connectivity index (χ0) is 13.8. The van der Waals surface area contributed by atoms with Crippen molar-refractivity contribution in [3.8, 4) is 0 Å². The maximum atomic E-state index is 11.9. The number of carboxylic acid groups (broad SMARTS) is 1. The number of imidazole rings is 1. The number of carboxylic acids is 1. The summed E-state index contributed by atoms with van der Waals surface area (Å²) in [5.41, 5.74) is 0. The van der Waals surface area contributed by atoms with E-state index >= 15 is 0 Å². The molecule has 3 N–H and O–H groups in total. The van der Waals surface area contributed by atoms with Gasteiger partial charge in [0.15, 0.2) is 0 Å². The number of urea groups is 1. The molecule has 2 atom stereocenters. The van der Waals surface area contributed by atoms with Crippen molar-refractivity contribution in [2.24, 2.45) is 5.92 Å². The van der Waals surface area contributed by atoms with E-state index < -0.39 is 17.9 Å². The molecule has 2 unspecified atom stereocenters. The number of rotatable bonds is 4. The number of ether oxygens (including phenoxy) is 1. The number of amides is 2. The van der Waals surface area contributed by atoms with Crippen LogP contribution in [0.15, 0.2) is 12.4 Å². The lowest BCUT2D eigenvalue weighted by Gasteiger charge is -2.21. The summed E-state index contributed by atoms with van der Waals surface area (Å²) in [5.74, 6) is -0.993. The molecule has 2 heterocycles. The summed E-state index contributed by atoms with van der Waals surface area (Å²) in [4.78, 5) is 31.2. The van der Waals surface area contributed by atoms with Crippen LogP contribution in [0.5, 0.6) is 0 Å². The van der Waals surface area contributed by atoms with Crippen molar-refractivity contribution < 1.29 is 19.4 Å². The molecular weight excluding hydrogens is 252 g/mol. The lowest BCUT2D eigenvalue weighted by Crippen LogP contribution is -2.47. The molecule has 0 saturated carbocycles. The van der Waals surface area contributed by atoms with Gasteiger partial charge in [0, 0.05) is 19.4 Å². The quantitative estimate of drug-likeness (QED) is 0.692. The molecule has 1 aromatic heterocycles. The lowest BCUT2D eigenvalue weighted by molar-refractivity contribution is -0.142. The zero-order valence-electron chi connectivity index (χ0n) is 10.5. The maximum absolute atomic E-state index is 11.9. The van der Waals surface area contributed by atoms with E-state index in [0.29, 0.717) is 12.4 Å². The minimum Gasteiger partial charge on any atom is -0.481 e. The summed E-state index contributed by atoms with van der Waals surface area (Å²) in [6.07, 6.45) is 3.28. The second-order valence-electron chi connectivity index (χ2n) is 4.43. The van der Waals surface area contributed by atoms with Crippen LogP contribution in [0, 0.1) is 5.92 Å². The van der Waals surface area contributed by atoms with Crippen molar-refractivity contribution in [2.75, 3.05) is 20.3 Å². The Kier molecular flexibility index (Phi) is 4.00. The molecule has 8 heteroatoms. The largest absolute Gasteiger partial charge is 0.481 e. The topological polar surface area (TPSA) is 108 Å². The van der Waals surface area contributed by atoms with Crippen molar-refractivity contribution in [1.29, 1.82) is 0 Å². The number of hydrogen-bond donors (Lipinski definition) is 3. The van der Waals surface area contributed by atoms with Crippen molar-refractivity contribution in [2.45, 2.75) is 12.6 Å². The van der Waals surface area contributed by atoms with Crippen LogP contribution in [0.1, 0.15) is 5.82 Å². The van der Waals surface area contributed by atoms with Gasteiger partial charge in [0.25, 0.3) is 0 Å². The van der Waals surface area contributed by atoms with Crippen molar-refractivity contribution >= 4 is 12.0 Å². The van der Waals surface area contributed by atoms with Gasteiger partial charge in [-0.2, -0.15) is 0 Å². The van der Waals surface area contributed by atoms with Gasteiger partial charge < -0.3 is 25.0 Å². The van der Waals surface area contributed by atoms with Crippen molar-refractivity contribution in [3.63, 3.8) is 0 Å². The fraction of sp³-hybridized carbons (Fsp3) is 0.545. The van der Waals surface area contributed by atoms with Gasteiger partial charge in [-0.25, -0.2) is 9.78 Å². The third-order valence-electron chi connectivity index (χ3n) is 3.00. The predicted octanol–water partition coefficient (Wildman–Crippen LogP) is -0.349. The van der Waals surface area contributed by atoms with E-state index in [4.69, 9.17) is 9.84 Å². The third-order valence-corrected chi connectivity index (χ3v) is 3.00. The van der Waals surface area contributed by atoms with Crippen LogP contribution in [-0.4, -0.2) is 58.3 Å². The number of carbonyl (C=O) groups is 2. The molecule has 1 fully saturated rings. The molecule has 2 rings (SSSR count). The second-order valence-corrected chi connectivity index (χ2v) is 4.43. The first-order chi connectivity index (χ1) is 9.08. The van der Waals surface area contributed by atoms with Gasteiger partial charge in [0.1, 0.15) is 11.7 Å². The standard InChI is InChI=1S/C11H16N4O4/c1-15(4-9-12-2-3-13-9)11(18)14-8-6-19-5-7(8)10(16)17/h2-3,7-8H,4-6H2,1H3,(H,12,13)(H,14,18)(H,16,17). The molecule has 8 nitrogen and oxygen atoms in total. The van der Waals surface area contributed by atoms with Gasteiger partial charge in [-0.3, -0.25) is 4.79 Å². The number of nitrogens with zero attached hydrogens (tertiary/aromatic N) is 2. The van der Waals surface area contributed by atoms with E-state index in [9.17, 15) is 9.59 Å². The Morgan fingerprint density at radius 2 is 2.42 bits per heavy atom. The molecule has 0 aliphatic carbocycles. The number of nitrogens with one attached hydrogen (secondary N) is 2. The summed E-state index contributed by atoms with van der Waals surface area (Å²) in [6, 6.07) is -0.845. The Morgan fingerprint density at radius 3 is 3.05 bits per heavy atom. The van der Waals surface area contributed by atoms with Gasteiger partial charge in [0.05, 0.1) is 25.8 Å². The highest BCUT2D eigenvalue weighted by atomic mass is 16.5. The number of aliphatic carboxylic acids is 1. The SMILES string of the molecule is CN(Cc1ncc[nH]1)C(=O)NC1COCC1C(=O)O. The number of H-pyrrole nitrogens is 1. The van der Waals surface area contributed by atoms with Crippen LogP contribution in [-0.2, 0) is 16.1 Å². The minimum absolute atomic E-state index is 0.127. The van der Waals surface area contributed by atoms with E-state index in [2.05, 4.69) is 15.3 Å². The fourth-order valence-electron chi connectivity index (χ4n) is 1.89. The van der Waals surface area contributed by atoms with E-state index in [1.807, 2.05) is 0 Å². The molecule has 1 aromatic rings. The Bertz CT molecular complexity index is 448. The molecule has 104 valence electrons. The average Bonchev–Trinajstić information content (AvgIpc) is 2.99. The predicted molar refractivity (Wildman–Crippen MR) is 64.3 cm³/mol. The van der Waals surface area contributed by atoms with E-state index in [1.165, 1.54) is 4.90 Å². The molecule has 2 amide bonds. The first kappa shape index (κ1) is 13.3. The molecule has 0 spiro atoms. The Labute approximate surface area is 109 Å². The molecular formula is C11H16N4O4. The summed E-state index contributed by atoms with van der Waals surface area (Å²) < 4.78 is 5.08. The van der Waals surface area contributed by atoms with E-state index in [1.54, 1.807) is 19.4 Å². The summed E-state index contributed by atoms with van der Waals surface area (Å²) >= 11 is 0. The summed E-state index contributed by atoms with van der Waals surface area (Å²) in [6.45, 7) is 0.670. The molecule has 1 aliphatic heterocycles. The molecule has 0 bridgehead atoms. The molecule has 19 heavy (non-hydrogen) atoms. The van der Waals surface area contributed by atoms with Gasteiger partial charge in [-0.05, 0) is 0 Å². The normalized spacial score (nSPS) is 22.2. The Balaban J connectivity index is 1.88. The average molecular weight is 268 g/mol. The Hall–Kier alpha value is -2.09. The summed E-state index contributed by atoms with van der Waals surface area (Å²) in [7, 11) is 1.61. The minimum atomic E-state index is -0.962. The molecule has 0 radical (unpaired) electrons. The molecule has 0 aromatic carbocycles. The highest BCUT2D eigenvalue weighted by Gasteiger charge is 2.35. The first-order valence-corrected chi connectivity index (χ1v) is 5.88.